The number of rotatable bonds is 3. The van der Waals surface area contributed by atoms with Crippen molar-refractivity contribution < 1.29 is 36.7 Å². The average Bonchev–Trinajstić information content (AvgIpc) is 3.17. The van der Waals surface area contributed by atoms with E-state index in [2.05, 4.69) is 6.07 Å². The molecule has 4 rings (SSSR count). The van der Waals surface area contributed by atoms with Gasteiger partial charge >= 0.3 is 12.1 Å². The van der Waals surface area contributed by atoms with E-state index in [9.17, 15) is 28.0 Å². The second-order valence-electron chi connectivity index (χ2n) is 7.77. The van der Waals surface area contributed by atoms with Crippen LogP contribution in [0.1, 0.15) is 30.4 Å². The maximum atomic E-state index is 13.4. The number of benzene rings is 2. The minimum atomic E-state index is -4.57. The summed E-state index contributed by atoms with van der Waals surface area (Å²) in [6.45, 7) is 0. The Kier molecular flexibility index (Phi) is 5.12. The number of furan rings is 1. The Hall–Kier alpha value is -3.54. The van der Waals surface area contributed by atoms with Crippen LogP contribution in [-0.2, 0) is 25.9 Å². The molecule has 166 valence electrons. The number of ketones is 1. The number of hydrogen-bond donors (Lipinski definition) is 0. The highest BCUT2D eigenvalue weighted by molar-refractivity contribution is 6.10. The minimum absolute atomic E-state index is 0.0373. The predicted octanol–water partition coefficient (Wildman–Crippen LogP) is 4.92. The van der Waals surface area contributed by atoms with Gasteiger partial charge in [-0.25, -0.2) is 0 Å². The summed E-state index contributed by atoms with van der Waals surface area (Å²) in [4.78, 5) is 24.5. The molecule has 1 aromatic heterocycles. The standard InChI is InChI=1S/C23H18F3NO5/c1-30-18-6-4-15(22(11-27)8-7-16(28)14(10-22)21(29)31-2)19-13-9-12(23(24,25)26)3-5-17(13)32-20(18)19/h3-6,9,14H,7-8,10H2,1-2H3. The van der Waals surface area contributed by atoms with Crippen LogP contribution in [0.15, 0.2) is 34.7 Å². The Bertz CT molecular complexity index is 1280. The third kappa shape index (κ3) is 3.27. The summed E-state index contributed by atoms with van der Waals surface area (Å²) in [5.41, 5.74) is -1.39. The Morgan fingerprint density at radius 3 is 2.62 bits per heavy atom. The van der Waals surface area contributed by atoms with Gasteiger partial charge in [-0.1, -0.05) is 6.07 Å². The summed E-state index contributed by atoms with van der Waals surface area (Å²) in [6.07, 6.45) is -4.63. The number of nitriles is 1. The lowest BCUT2D eigenvalue weighted by atomic mass is 9.65. The lowest BCUT2D eigenvalue weighted by Crippen LogP contribution is -2.40. The normalized spacial score (nSPS) is 21.5. The number of fused-ring (bicyclic) bond motifs is 3. The average molecular weight is 445 g/mol. The quantitative estimate of drug-likeness (QED) is 0.420. The van der Waals surface area contributed by atoms with E-state index in [0.29, 0.717) is 10.9 Å². The lowest BCUT2D eigenvalue weighted by Gasteiger charge is -2.34. The van der Waals surface area contributed by atoms with Crippen molar-refractivity contribution in [3.8, 4) is 11.8 Å². The maximum absolute atomic E-state index is 13.4. The van der Waals surface area contributed by atoms with E-state index in [1.54, 1.807) is 12.1 Å². The van der Waals surface area contributed by atoms with Crippen molar-refractivity contribution in [2.24, 2.45) is 5.92 Å². The Morgan fingerprint density at radius 1 is 1.25 bits per heavy atom. The molecule has 1 aliphatic rings. The maximum Gasteiger partial charge on any atom is 0.416 e. The van der Waals surface area contributed by atoms with Crippen LogP contribution in [0.2, 0.25) is 0 Å². The number of esters is 1. The fourth-order valence-electron chi connectivity index (χ4n) is 4.43. The lowest BCUT2D eigenvalue weighted by molar-refractivity contribution is -0.151. The van der Waals surface area contributed by atoms with Crippen molar-refractivity contribution in [1.29, 1.82) is 5.26 Å². The van der Waals surface area contributed by atoms with E-state index in [1.807, 2.05) is 0 Å². The number of carbonyl (C=O) groups is 2. The van der Waals surface area contributed by atoms with Gasteiger partial charge in [-0.05, 0) is 42.7 Å². The predicted molar refractivity (Wildman–Crippen MR) is 107 cm³/mol. The van der Waals surface area contributed by atoms with Crippen LogP contribution >= 0.6 is 0 Å². The van der Waals surface area contributed by atoms with Crippen molar-refractivity contribution in [1.82, 2.24) is 0 Å². The first kappa shape index (κ1) is 21.7. The molecule has 9 heteroatoms. The summed E-state index contributed by atoms with van der Waals surface area (Å²) < 4.78 is 56.1. The number of ether oxygens (including phenoxy) is 2. The van der Waals surface area contributed by atoms with Crippen molar-refractivity contribution in [3.63, 3.8) is 0 Å². The molecule has 0 amide bonds. The molecule has 2 aromatic carbocycles. The first-order valence-corrected chi connectivity index (χ1v) is 9.78. The molecular weight excluding hydrogens is 427 g/mol. The zero-order chi connectivity index (χ0) is 23.3. The topological polar surface area (TPSA) is 89.5 Å². The SMILES string of the molecule is COC(=O)C1CC(C#N)(c2ccc(OC)c3oc4ccc(C(F)(F)F)cc4c23)CCC1=O. The summed E-state index contributed by atoms with van der Waals surface area (Å²) in [6, 6.07) is 8.49. The molecule has 2 unspecified atom stereocenters. The van der Waals surface area contributed by atoms with Crippen LogP contribution in [0.4, 0.5) is 13.2 Å². The van der Waals surface area contributed by atoms with Crippen molar-refractivity contribution in [3.05, 3.63) is 41.5 Å². The van der Waals surface area contributed by atoms with Gasteiger partial charge in [0.1, 0.15) is 17.3 Å². The van der Waals surface area contributed by atoms with Gasteiger partial charge in [0.2, 0.25) is 0 Å². The largest absolute Gasteiger partial charge is 0.493 e. The number of methoxy groups -OCH3 is 2. The number of Topliss-reactive ketones (excluding diaryl/α,β-unsaturated/α-hetero) is 1. The molecule has 1 heterocycles. The third-order valence-corrected chi connectivity index (χ3v) is 6.08. The molecule has 6 nitrogen and oxygen atoms in total. The summed E-state index contributed by atoms with van der Waals surface area (Å²) in [5.74, 6) is -1.91. The number of carbonyl (C=O) groups excluding carboxylic acids is 2. The van der Waals surface area contributed by atoms with Crippen molar-refractivity contribution in [2.45, 2.75) is 30.9 Å². The molecule has 1 fully saturated rings. The van der Waals surface area contributed by atoms with E-state index >= 15 is 0 Å². The molecule has 0 saturated heterocycles. The van der Waals surface area contributed by atoms with Crippen LogP contribution in [0, 0.1) is 17.2 Å². The molecule has 3 aromatic rings. The molecule has 0 spiro atoms. The fourth-order valence-corrected chi connectivity index (χ4v) is 4.43. The molecule has 0 aliphatic heterocycles. The summed E-state index contributed by atoms with van der Waals surface area (Å²) >= 11 is 0. The highest BCUT2D eigenvalue weighted by atomic mass is 19.4. The van der Waals surface area contributed by atoms with Crippen molar-refractivity contribution in [2.75, 3.05) is 14.2 Å². The van der Waals surface area contributed by atoms with Gasteiger partial charge in [-0.15, -0.1) is 0 Å². The Labute approximate surface area is 180 Å². The van der Waals surface area contributed by atoms with E-state index < -0.39 is 29.0 Å². The summed E-state index contributed by atoms with van der Waals surface area (Å²) in [7, 11) is 2.56. The molecule has 0 bridgehead atoms. The Balaban J connectivity index is 2.02. The van der Waals surface area contributed by atoms with E-state index in [1.165, 1.54) is 13.2 Å². The molecule has 2 atom stereocenters. The van der Waals surface area contributed by atoms with Crippen LogP contribution in [0.5, 0.6) is 5.75 Å². The van der Waals surface area contributed by atoms with Crippen LogP contribution < -0.4 is 4.74 Å². The first-order valence-electron chi connectivity index (χ1n) is 9.78. The van der Waals surface area contributed by atoms with Gasteiger partial charge in [-0.3, -0.25) is 9.59 Å². The molecule has 0 radical (unpaired) electrons. The van der Waals surface area contributed by atoms with Crippen molar-refractivity contribution >= 4 is 33.7 Å². The zero-order valence-corrected chi connectivity index (χ0v) is 17.2. The van der Waals surface area contributed by atoms with Crippen LogP contribution in [-0.4, -0.2) is 26.0 Å². The second-order valence-corrected chi connectivity index (χ2v) is 7.77. The van der Waals surface area contributed by atoms with Gasteiger partial charge in [0, 0.05) is 17.2 Å². The molecule has 0 N–H and O–H groups in total. The summed E-state index contributed by atoms with van der Waals surface area (Å²) in [5, 5.41) is 10.6. The van der Waals surface area contributed by atoms with Crippen LogP contribution in [0.25, 0.3) is 21.9 Å². The third-order valence-electron chi connectivity index (χ3n) is 6.08. The number of halogens is 3. The molecule has 1 aliphatic carbocycles. The zero-order valence-electron chi connectivity index (χ0n) is 17.2. The van der Waals surface area contributed by atoms with Gasteiger partial charge in [0.15, 0.2) is 11.3 Å². The second kappa shape index (κ2) is 7.55. The fraction of sp³-hybridized carbons (Fsp3) is 0.348. The smallest absolute Gasteiger partial charge is 0.416 e. The first-order chi connectivity index (χ1) is 15.1. The van der Waals surface area contributed by atoms with Gasteiger partial charge in [-0.2, -0.15) is 18.4 Å². The van der Waals surface area contributed by atoms with Gasteiger partial charge in [0.25, 0.3) is 0 Å². The highest BCUT2D eigenvalue weighted by Crippen LogP contribution is 2.48. The Morgan fingerprint density at radius 2 is 2.00 bits per heavy atom. The van der Waals surface area contributed by atoms with Gasteiger partial charge < -0.3 is 13.9 Å². The van der Waals surface area contributed by atoms with Crippen LogP contribution in [0.3, 0.4) is 0 Å². The van der Waals surface area contributed by atoms with E-state index in [4.69, 9.17) is 13.9 Å². The number of hydrogen-bond acceptors (Lipinski definition) is 6. The van der Waals surface area contributed by atoms with Gasteiger partial charge in [0.05, 0.1) is 31.3 Å². The molecule has 32 heavy (non-hydrogen) atoms. The minimum Gasteiger partial charge on any atom is -0.493 e. The van der Waals surface area contributed by atoms with E-state index in [-0.39, 0.29) is 47.3 Å². The number of nitrogens with zero attached hydrogens (tertiary/aromatic N) is 1. The highest BCUT2D eigenvalue weighted by Gasteiger charge is 2.46. The molecular formula is C23H18F3NO5. The monoisotopic (exact) mass is 445 g/mol. The number of alkyl halides is 3. The molecule has 1 saturated carbocycles. The van der Waals surface area contributed by atoms with E-state index in [0.717, 1.165) is 19.2 Å².